The van der Waals surface area contributed by atoms with E-state index in [-0.39, 0.29) is 6.61 Å². The van der Waals surface area contributed by atoms with Crippen LogP contribution in [0.15, 0.2) is 27.9 Å². The van der Waals surface area contributed by atoms with Gasteiger partial charge in [0, 0.05) is 42.1 Å². The number of guanidine groups is 1. The number of anilines is 1. The molecule has 0 fully saturated rings. The van der Waals surface area contributed by atoms with Crippen molar-refractivity contribution in [2.45, 2.75) is 26.2 Å². The Morgan fingerprint density at radius 2 is 2.00 bits per heavy atom. The molecule has 0 aromatic carbocycles. The molecule has 10 heteroatoms. The lowest BCUT2D eigenvalue weighted by Crippen LogP contribution is -2.35. The first kappa shape index (κ1) is 20.7. The molecule has 8 nitrogen and oxygen atoms in total. The van der Waals surface area contributed by atoms with Gasteiger partial charge in [-0.3, -0.25) is 4.99 Å². The molecule has 1 aliphatic heterocycles. The van der Waals surface area contributed by atoms with Crippen LogP contribution >= 0.6 is 22.7 Å². The van der Waals surface area contributed by atoms with Crippen molar-refractivity contribution >= 4 is 33.8 Å². The number of aliphatic hydroxyl groups excluding tert-OH is 1. The van der Waals surface area contributed by atoms with Gasteiger partial charge in [-0.1, -0.05) is 0 Å². The van der Waals surface area contributed by atoms with E-state index in [1.54, 1.807) is 11.3 Å². The molecule has 0 radical (unpaired) electrons. The van der Waals surface area contributed by atoms with Gasteiger partial charge in [-0.2, -0.15) is 0 Å². The Morgan fingerprint density at radius 1 is 1.13 bits per heavy atom. The maximum absolute atomic E-state index is 8.84. The van der Waals surface area contributed by atoms with Gasteiger partial charge in [0.1, 0.15) is 16.4 Å². The summed E-state index contributed by atoms with van der Waals surface area (Å²) < 4.78 is 5.65. The van der Waals surface area contributed by atoms with Gasteiger partial charge >= 0.3 is 0 Å². The molecule has 3 N–H and O–H groups in total. The number of ether oxygens (including phenoxy) is 1. The minimum absolute atomic E-state index is 0.184. The average Bonchev–Trinajstić information content (AvgIpc) is 3.42. The Kier molecular flexibility index (Phi) is 6.88. The molecule has 0 spiro atoms. The number of aromatic nitrogens is 3. The molecule has 0 amide bonds. The van der Waals surface area contributed by atoms with E-state index in [4.69, 9.17) is 14.8 Å². The minimum atomic E-state index is 0.184. The molecule has 0 saturated heterocycles. The summed E-state index contributed by atoms with van der Waals surface area (Å²) in [6, 6.07) is 3.86. The summed E-state index contributed by atoms with van der Waals surface area (Å²) in [5, 5.41) is 21.0. The van der Waals surface area contributed by atoms with Crippen molar-refractivity contribution in [3.05, 3.63) is 28.6 Å². The summed E-state index contributed by atoms with van der Waals surface area (Å²) in [5.74, 6) is 1.38. The standard InChI is InChI=1S/C20H24N6O2S2/c1-13-14(5-6-17(23-13)28-10-3-2-9-27)18-24-15(11-29-18)16-12-30-20(25-16)26-19-21-7-4-8-22-19/h5-6,11-12,27H,2-4,7-10H2,1H3,(H2,21,22,25,26). The van der Waals surface area contributed by atoms with E-state index < -0.39 is 0 Å². The van der Waals surface area contributed by atoms with E-state index in [0.717, 1.165) is 71.1 Å². The Bertz CT molecular complexity index is 1020. The fraction of sp³-hybridized carbons (Fsp3) is 0.400. The quantitative estimate of drug-likeness (QED) is 0.456. The molecule has 3 aromatic heterocycles. The van der Waals surface area contributed by atoms with Gasteiger partial charge in [-0.05, 0) is 32.3 Å². The maximum atomic E-state index is 8.84. The van der Waals surface area contributed by atoms with Crippen LogP contribution in [0.3, 0.4) is 0 Å². The predicted molar refractivity (Wildman–Crippen MR) is 122 cm³/mol. The fourth-order valence-corrected chi connectivity index (χ4v) is 4.51. The lowest BCUT2D eigenvalue weighted by atomic mass is 10.2. The van der Waals surface area contributed by atoms with Crippen molar-refractivity contribution in [2.75, 3.05) is 31.6 Å². The fourth-order valence-electron chi connectivity index (χ4n) is 2.92. The van der Waals surface area contributed by atoms with E-state index in [1.165, 1.54) is 11.3 Å². The number of aliphatic hydroxyl groups is 1. The van der Waals surface area contributed by atoms with Crippen LogP contribution in [0.2, 0.25) is 0 Å². The molecular formula is C20H24N6O2S2. The monoisotopic (exact) mass is 444 g/mol. The molecule has 1 aliphatic rings. The van der Waals surface area contributed by atoms with Crippen LogP contribution in [0.4, 0.5) is 5.13 Å². The van der Waals surface area contributed by atoms with Crippen molar-refractivity contribution < 1.29 is 9.84 Å². The Morgan fingerprint density at radius 3 is 2.80 bits per heavy atom. The van der Waals surface area contributed by atoms with Crippen molar-refractivity contribution in [3.63, 3.8) is 0 Å². The summed E-state index contributed by atoms with van der Waals surface area (Å²) in [6.07, 6.45) is 2.60. The van der Waals surface area contributed by atoms with E-state index in [0.29, 0.717) is 12.5 Å². The number of thiazole rings is 2. The SMILES string of the molecule is Cc1nc(OCCCCO)ccc1-c1nc(-c2csc(NC3=NCCCN3)n2)cs1. The molecule has 0 aliphatic carbocycles. The maximum Gasteiger partial charge on any atom is 0.213 e. The van der Waals surface area contributed by atoms with Crippen LogP contribution in [0.25, 0.3) is 22.0 Å². The van der Waals surface area contributed by atoms with Crippen LogP contribution in [0.5, 0.6) is 5.88 Å². The first-order chi connectivity index (χ1) is 14.7. The number of nitrogens with one attached hydrogen (secondary N) is 2. The molecule has 0 saturated carbocycles. The van der Waals surface area contributed by atoms with Gasteiger partial charge in [-0.25, -0.2) is 15.0 Å². The van der Waals surface area contributed by atoms with Gasteiger partial charge < -0.3 is 20.5 Å². The Labute approximate surface area is 183 Å². The zero-order chi connectivity index (χ0) is 20.8. The summed E-state index contributed by atoms with van der Waals surface area (Å²) >= 11 is 3.11. The van der Waals surface area contributed by atoms with E-state index in [1.807, 2.05) is 29.8 Å². The average molecular weight is 445 g/mol. The molecule has 3 aromatic rings. The third-order valence-corrected chi connectivity index (χ3v) is 6.12. The second kappa shape index (κ2) is 9.96. The van der Waals surface area contributed by atoms with Gasteiger partial charge in [0.25, 0.3) is 0 Å². The van der Waals surface area contributed by atoms with E-state index >= 15 is 0 Å². The number of aliphatic imine (C=N–C) groups is 1. The van der Waals surface area contributed by atoms with E-state index in [9.17, 15) is 0 Å². The molecule has 0 unspecified atom stereocenters. The number of nitrogens with zero attached hydrogens (tertiary/aromatic N) is 4. The highest BCUT2D eigenvalue weighted by molar-refractivity contribution is 7.14. The number of aryl methyl sites for hydroxylation is 1. The van der Waals surface area contributed by atoms with Crippen LogP contribution in [-0.2, 0) is 0 Å². The summed E-state index contributed by atoms with van der Waals surface area (Å²) in [4.78, 5) is 18.4. The van der Waals surface area contributed by atoms with Gasteiger partial charge in [0.2, 0.25) is 5.88 Å². The number of rotatable bonds is 8. The highest BCUT2D eigenvalue weighted by Crippen LogP contribution is 2.32. The number of hydrogen-bond donors (Lipinski definition) is 3. The van der Waals surface area contributed by atoms with Crippen LogP contribution in [0, 0.1) is 6.92 Å². The lowest BCUT2D eigenvalue weighted by Gasteiger charge is -2.13. The van der Waals surface area contributed by atoms with Gasteiger partial charge in [-0.15, -0.1) is 22.7 Å². The van der Waals surface area contributed by atoms with Crippen LogP contribution in [-0.4, -0.2) is 52.3 Å². The van der Waals surface area contributed by atoms with Gasteiger partial charge in [0.05, 0.1) is 12.3 Å². The number of unbranched alkanes of at least 4 members (excludes halogenated alkanes) is 1. The lowest BCUT2D eigenvalue weighted by molar-refractivity contribution is 0.249. The van der Waals surface area contributed by atoms with Crippen molar-refractivity contribution in [1.82, 2.24) is 20.3 Å². The Balaban J connectivity index is 1.43. The summed E-state index contributed by atoms with van der Waals surface area (Å²) in [6.45, 7) is 4.46. The van der Waals surface area contributed by atoms with Gasteiger partial charge in [0.15, 0.2) is 11.1 Å². The normalized spacial score (nSPS) is 13.6. The third-order valence-electron chi connectivity index (χ3n) is 4.49. The number of pyridine rings is 1. The van der Waals surface area contributed by atoms with Crippen LogP contribution < -0.4 is 15.4 Å². The topological polar surface area (TPSA) is 105 Å². The second-order valence-corrected chi connectivity index (χ2v) is 8.49. The molecule has 0 atom stereocenters. The molecule has 30 heavy (non-hydrogen) atoms. The van der Waals surface area contributed by atoms with Crippen molar-refractivity contribution in [3.8, 4) is 27.8 Å². The number of hydrogen-bond acceptors (Lipinski definition) is 10. The molecule has 4 heterocycles. The largest absolute Gasteiger partial charge is 0.478 e. The highest BCUT2D eigenvalue weighted by atomic mass is 32.1. The second-order valence-electron chi connectivity index (χ2n) is 6.77. The predicted octanol–water partition coefficient (Wildman–Crippen LogP) is 3.55. The smallest absolute Gasteiger partial charge is 0.213 e. The van der Waals surface area contributed by atoms with Crippen molar-refractivity contribution in [1.29, 1.82) is 0 Å². The summed E-state index contributed by atoms with van der Waals surface area (Å²) in [5.41, 5.74) is 3.55. The minimum Gasteiger partial charge on any atom is -0.478 e. The molecule has 158 valence electrons. The Hall–Kier alpha value is -2.56. The van der Waals surface area contributed by atoms with Crippen LogP contribution in [0.1, 0.15) is 25.0 Å². The first-order valence-corrected chi connectivity index (χ1v) is 11.7. The highest BCUT2D eigenvalue weighted by Gasteiger charge is 2.14. The third kappa shape index (κ3) is 5.13. The summed E-state index contributed by atoms with van der Waals surface area (Å²) in [7, 11) is 0. The van der Waals surface area contributed by atoms with Crippen molar-refractivity contribution in [2.24, 2.45) is 4.99 Å². The molecular weight excluding hydrogens is 420 g/mol. The van der Waals surface area contributed by atoms with E-state index in [2.05, 4.69) is 25.6 Å². The first-order valence-electron chi connectivity index (χ1n) is 9.91. The molecule has 0 bridgehead atoms. The molecule has 4 rings (SSSR count). The zero-order valence-electron chi connectivity index (χ0n) is 16.7. The zero-order valence-corrected chi connectivity index (χ0v) is 18.4.